The van der Waals surface area contributed by atoms with Crippen LogP contribution in [0.3, 0.4) is 0 Å². The Morgan fingerprint density at radius 3 is 2.81 bits per heavy atom. The summed E-state index contributed by atoms with van der Waals surface area (Å²) in [6, 6.07) is 10.9. The first-order valence-electron chi connectivity index (χ1n) is 9.14. The van der Waals surface area contributed by atoms with Crippen LogP contribution in [0, 0.1) is 0 Å². The predicted molar refractivity (Wildman–Crippen MR) is 104 cm³/mol. The molecule has 2 heterocycles. The first kappa shape index (κ1) is 16.8. The van der Waals surface area contributed by atoms with Crippen molar-refractivity contribution in [2.24, 2.45) is 11.5 Å². The zero-order valence-corrected chi connectivity index (χ0v) is 14.7. The molecule has 1 saturated carbocycles. The lowest BCUT2D eigenvalue weighted by Gasteiger charge is -2.27. The van der Waals surface area contributed by atoms with Crippen LogP contribution >= 0.6 is 0 Å². The van der Waals surface area contributed by atoms with Gasteiger partial charge in [-0.15, -0.1) is 5.10 Å². The van der Waals surface area contributed by atoms with Crippen molar-refractivity contribution in [2.45, 2.75) is 44.3 Å². The van der Waals surface area contributed by atoms with E-state index in [1.807, 2.05) is 30.5 Å². The molecule has 1 aliphatic carbocycles. The Kier molecular flexibility index (Phi) is 4.73. The minimum atomic E-state index is 0.337. The van der Waals surface area contributed by atoms with Gasteiger partial charge in [-0.05, 0) is 43.4 Å². The molecule has 7 nitrogen and oxygen atoms in total. The first-order valence-corrected chi connectivity index (χ1v) is 9.14. The topological polar surface area (TPSA) is 106 Å². The molecule has 136 valence electrons. The molecule has 0 unspecified atom stereocenters. The summed E-state index contributed by atoms with van der Waals surface area (Å²) in [7, 11) is 0. The van der Waals surface area contributed by atoms with Crippen LogP contribution in [0.2, 0.25) is 0 Å². The van der Waals surface area contributed by atoms with Crippen molar-refractivity contribution in [1.82, 2.24) is 14.6 Å². The smallest absolute Gasteiger partial charge is 0.177 e. The number of nitrogens with one attached hydrogen (secondary N) is 2. The summed E-state index contributed by atoms with van der Waals surface area (Å²) >= 11 is 0. The molecule has 2 aromatic heterocycles. The summed E-state index contributed by atoms with van der Waals surface area (Å²) in [6.07, 6.45) is 7.88. The van der Waals surface area contributed by atoms with E-state index in [-0.39, 0.29) is 0 Å². The maximum absolute atomic E-state index is 6.01. The Labute approximate surface area is 152 Å². The Morgan fingerprint density at radius 1 is 1.15 bits per heavy atom. The maximum atomic E-state index is 6.01. The average molecular weight is 351 g/mol. The highest BCUT2D eigenvalue weighted by atomic mass is 15.3. The number of hydrogen-bond donors (Lipinski definition) is 4. The average Bonchev–Trinajstić information content (AvgIpc) is 3.13. The molecule has 0 aliphatic heterocycles. The highest BCUT2D eigenvalue weighted by molar-refractivity contribution is 5.76. The Balaban J connectivity index is 1.60. The minimum Gasteiger partial charge on any atom is -0.366 e. The lowest BCUT2D eigenvalue weighted by Crippen LogP contribution is -2.33. The van der Waals surface area contributed by atoms with Crippen LogP contribution in [0.4, 0.5) is 17.2 Å². The van der Waals surface area contributed by atoms with Gasteiger partial charge in [0.15, 0.2) is 5.65 Å². The van der Waals surface area contributed by atoms with Crippen molar-refractivity contribution >= 4 is 22.8 Å². The molecule has 7 heteroatoms. The zero-order valence-electron chi connectivity index (χ0n) is 14.7. The van der Waals surface area contributed by atoms with Gasteiger partial charge >= 0.3 is 0 Å². The van der Waals surface area contributed by atoms with Crippen molar-refractivity contribution in [3.8, 4) is 0 Å². The molecule has 0 radical (unpaired) electrons. The SMILES string of the molecule is NCc1cccc(Nc2cc(NC3CCC(N)CC3)nn3ccnc23)c1. The molecule has 1 fully saturated rings. The van der Waals surface area contributed by atoms with Crippen LogP contribution in [0.1, 0.15) is 31.2 Å². The monoisotopic (exact) mass is 351 g/mol. The van der Waals surface area contributed by atoms with E-state index < -0.39 is 0 Å². The number of rotatable bonds is 5. The number of hydrogen-bond acceptors (Lipinski definition) is 6. The summed E-state index contributed by atoms with van der Waals surface area (Å²) in [6.45, 7) is 0.515. The summed E-state index contributed by atoms with van der Waals surface area (Å²) in [5.74, 6) is 0.841. The number of imidazole rings is 1. The van der Waals surface area contributed by atoms with Crippen LogP contribution in [-0.4, -0.2) is 26.7 Å². The van der Waals surface area contributed by atoms with E-state index in [1.54, 1.807) is 10.7 Å². The molecule has 6 N–H and O–H groups in total. The van der Waals surface area contributed by atoms with Gasteiger partial charge in [0.2, 0.25) is 0 Å². The molecule has 0 bridgehead atoms. The predicted octanol–water partition coefficient (Wildman–Crippen LogP) is 2.61. The van der Waals surface area contributed by atoms with Gasteiger partial charge < -0.3 is 22.1 Å². The molecule has 26 heavy (non-hydrogen) atoms. The summed E-state index contributed by atoms with van der Waals surface area (Å²) in [5, 5.41) is 11.6. The number of fused-ring (bicyclic) bond motifs is 1. The largest absolute Gasteiger partial charge is 0.366 e. The minimum absolute atomic E-state index is 0.337. The third-order valence-electron chi connectivity index (χ3n) is 4.92. The first-order chi connectivity index (χ1) is 12.7. The Hall–Kier alpha value is -2.64. The van der Waals surface area contributed by atoms with E-state index in [0.29, 0.717) is 18.6 Å². The van der Waals surface area contributed by atoms with Crippen LogP contribution in [-0.2, 0) is 6.54 Å². The number of aromatic nitrogens is 3. The summed E-state index contributed by atoms with van der Waals surface area (Å²) in [4.78, 5) is 4.42. The number of nitrogens with two attached hydrogens (primary N) is 2. The summed E-state index contributed by atoms with van der Waals surface area (Å²) in [5.41, 5.74) is 15.5. The van der Waals surface area contributed by atoms with Crippen LogP contribution in [0.25, 0.3) is 5.65 Å². The van der Waals surface area contributed by atoms with Crippen molar-refractivity contribution < 1.29 is 0 Å². The molecule has 0 amide bonds. The van der Waals surface area contributed by atoms with Crippen molar-refractivity contribution in [3.05, 3.63) is 48.3 Å². The van der Waals surface area contributed by atoms with E-state index in [1.165, 1.54) is 0 Å². The molecule has 4 rings (SSSR count). The van der Waals surface area contributed by atoms with Crippen molar-refractivity contribution in [1.29, 1.82) is 0 Å². The molecular weight excluding hydrogens is 326 g/mol. The number of nitrogens with zero attached hydrogens (tertiary/aromatic N) is 3. The highest BCUT2D eigenvalue weighted by Crippen LogP contribution is 2.26. The molecule has 0 atom stereocenters. The highest BCUT2D eigenvalue weighted by Gasteiger charge is 2.19. The van der Waals surface area contributed by atoms with E-state index in [2.05, 4.69) is 26.8 Å². The maximum Gasteiger partial charge on any atom is 0.177 e. The third kappa shape index (κ3) is 3.63. The van der Waals surface area contributed by atoms with Crippen LogP contribution in [0.5, 0.6) is 0 Å². The van der Waals surface area contributed by atoms with Crippen LogP contribution in [0.15, 0.2) is 42.7 Å². The second-order valence-electron chi connectivity index (χ2n) is 6.92. The van der Waals surface area contributed by atoms with Gasteiger partial charge in [0.05, 0.1) is 5.69 Å². The fraction of sp³-hybridized carbons (Fsp3) is 0.368. The van der Waals surface area contributed by atoms with Gasteiger partial charge in [-0.25, -0.2) is 9.50 Å². The van der Waals surface area contributed by atoms with Gasteiger partial charge in [0, 0.05) is 42.8 Å². The van der Waals surface area contributed by atoms with Gasteiger partial charge in [-0.1, -0.05) is 12.1 Å². The third-order valence-corrected chi connectivity index (χ3v) is 4.92. The fourth-order valence-electron chi connectivity index (χ4n) is 3.48. The molecule has 1 aliphatic rings. The second-order valence-corrected chi connectivity index (χ2v) is 6.92. The lowest BCUT2D eigenvalue weighted by molar-refractivity contribution is 0.410. The quantitative estimate of drug-likeness (QED) is 0.563. The number of benzene rings is 1. The van der Waals surface area contributed by atoms with Crippen molar-refractivity contribution in [2.75, 3.05) is 10.6 Å². The normalized spacial score (nSPS) is 20.2. The van der Waals surface area contributed by atoms with E-state index >= 15 is 0 Å². The Bertz CT molecular complexity index is 880. The lowest BCUT2D eigenvalue weighted by atomic mass is 9.92. The van der Waals surface area contributed by atoms with Crippen LogP contribution < -0.4 is 22.1 Å². The Morgan fingerprint density at radius 2 is 2.00 bits per heavy atom. The summed E-state index contributed by atoms with van der Waals surface area (Å²) < 4.78 is 1.80. The standard InChI is InChI=1S/C19H25N7/c20-12-13-2-1-3-16(10-13)23-17-11-18(25-26-9-8-22-19(17)26)24-15-6-4-14(21)5-7-15/h1-3,8-11,14-15,23H,4-7,12,20-21H2,(H,24,25). The number of anilines is 3. The molecular formula is C19H25N7. The van der Waals surface area contributed by atoms with E-state index in [9.17, 15) is 0 Å². The van der Waals surface area contributed by atoms with Gasteiger partial charge in [-0.2, -0.15) is 0 Å². The van der Waals surface area contributed by atoms with E-state index in [0.717, 1.165) is 54.1 Å². The molecule has 3 aromatic rings. The van der Waals surface area contributed by atoms with Crippen molar-refractivity contribution in [3.63, 3.8) is 0 Å². The molecule has 0 saturated heterocycles. The molecule has 0 spiro atoms. The molecule has 1 aromatic carbocycles. The van der Waals surface area contributed by atoms with E-state index in [4.69, 9.17) is 11.5 Å². The second kappa shape index (κ2) is 7.31. The fourth-order valence-corrected chi connectivity index (χ4v) is 3.48. The van der Waals surface area contributed by atoms with Gasteiger partial charge in [0.25, 0.3) is 0 Å². The van der Waals surface area contributed by atoms with Gasteiger partial charge in [-0.3, -0.25) is 0 Å². The van der Waals surface area contributed by atoms with Gasteiger partial charge in [0.1, 0.15) is 5.82 Å². The zero-order chi connectivity index (χ0) is 17.9.